The molecule has 0 fully saturated rings. The summed E-state index contributed by atoms with van der Waals surface area (Å²) in [5, 5.41) is 18.1. The summed E-state index contributed by atoms with van der Waals surface area (Å²) in [6.45, 7) is 0. The Kier molecular flexibility index (Phi) is 4.63. The van der Waals surface area contributed by atoms with Crippen LogP contribution in [0.5, 0.6) is 0 Å². The molecule has 2 heterocycles. The van der Waals surface area contributed by atoms with Crippen LogP contribution in [0.1, 0.15) is 33.8 Å². The van der Waals surface area contributed by atoms with E-state index in [0.29, 0.717) is 5.65 Å². The van der Waals surface area contributed by atoms with E-state index in [4.69, 9.17) is 0 Å². The number of rotatable bonds is 5. The number of nitrogens with zero attached hydrogens (tertiary/aromatic N) is 3. The minimum atomic E-state index is -0.896. The lowest BCUT2D eigenvalue weighted by molar-refractivity contribution is 0.0826. The second-order valence-electron chi connectivity index (χ2n) is 6.17. The molecule has 2 atom stereocenters. The van der Waals surface area contributed by atoms with Gasteiger partial charge in [0.2, 0.25) is 0 Å². The Bertz CT molecular complexity index is 1010. The Hall–Kier alpha value is -3.51. The van der Waals surface area contributed by atoms with Crippen LogP contribution in [0.3, 0.4) is 0 Å². The third-order valence-electron chi connectivity index (χ3n) is 4.37. The Morgan fingerprint density at radius 2 is 1.63 bits per heavy atom. The van der Waals surface area contributed by atoms with Gasteiger partial charge in [-0.15, -0.1) is 0 Å². The summed E-state index contributed by atoms with van der Waals surface area (Å²) in [5.41, 5.74) is 2.37. The molecule has 4 rings (SSSR count). The molecular formula is C21H18N4O2. The first-order valence-electron chi connectivity index (χ1n) is 8.61. The minimum absolute atomic E-state index is 0.245. The van der Waals surface area contributed by atoms with E-state index in [-0.39, 0.29) is 11.6 Å². The summed E-state index contributed by atoms with van der Waals surface area (Å²) in [4.78, 5) is 17.0. The molecule has 134 valence electrons. The van der Waals surface area contributed by atoms with Crippen molar-refractivity contribution < 1.29 is 9.90 Å². The van der Waals surface area contributed by atoms with Crippen LogP contribution in [0.2, 0.25) is 0 Å². The van der Waals surface area contributed by atoms with Crippen LogP contribution < -0.4 is 5.32 Å². The van der Waals surface area contributed by atoms with Gasteiger partial charge in [-0.25, -0.2) is 9.50 Å². The van der Waals surface area contributed by atoms with Crippen LogP contribution in [-0.2, 0) is 0 Å². The lowest BCUT2D eigenvalue weighted by Crippen LogP contribution is -2.33. The number of carbonyl (C=O) groups excluding carboxylic acids is 1. The van der Waals surface area contributed by atoms with E-state index in [1.807, 2.05) is 60.7 Å². The van der Waals surface area contributed by atoms with Gasteiger partial charge < -0.3 is 10.4 Å². The summed E-state index contributed by atoms with van der Waals surface area (Å²) < 4.78 is 1.54. The van der Waals surface area contributed by atoms with Crippen LogP contribution in [0.4, 0.5) is 0 Å². The molecule has 0 saturated carbocycles. The van der Waals surface area contributed by atoms with Crippen LogP contribution in [0.25, 0.3) is 5.65 Å². The number of carbonyl (C=O) groups is 1. The monoisotopic (exact) mass is 358 g/mol. The van der Waals surface area contributed by atoms with Gasteiger partial charge in [-0.2, -0.15) is 5.10 Å². The van der Waals surface area contributed by atoms with Crippen molar-refractivity contribution >= 4 is 11.6 Å². The maximum absolute atomic E-state index is 12.8. The van der Waals surface area contributed by atoms with Gasteiger partial charge in [-0.05, 0) is 17.2 Å². The number of hydrogen-bond acceptors (Lipinski definition) is 4. The van der Waals surface area contributed by atoms with Crippen molar-refractivity contribution in [1.29, 1.82) is 0 Å². The second-order valence-corrected chi connectivity index (χ2v) is 6.17. The standard InChI is InChI=1S/C21H18N4O2/c26-20(16-10-5-2-6-11-16)19(15-8-3-1-4-9-15)23-21(27)17-14-18-22-12-7-13-25(18)24-17/h1-14,19-20,26H,(H,23,27)/t19-,20+/m0/s1. The molecule has 1 amide bonds. The highest BCUT2D eigenvalue weighted by Gasteiger charge is 2.26. The van der Waals surface area contributed by atoms with Gasteiger partial charge in [0.1, 0.15) is 6.10 Å². The van der Waals surface area contributed by atoms with E-state index in [1.54, 1.807) is 29.0 Å². The fourth-order valence-corrected chi connectivity index (χ4v) is 3.00. The first-order valence-corrected chi connectivity index (χ1v) is 8.61. The number of benzene rings is 2. The van der Waals surface area contributed by atoms with Gasteiger partial charge in [0.25, 0.3) is 5.91 Å². The molecule has 0 unspecified atom stereocenters. The molecule has 0 radical (unpaired) electrons. The highest BCUT2D eigenvalue weighted by molar-refractivity contribution is 5.93. The third kappa shape index (κ3) is 3.56. The Morgan fingerprint density at radius 1 is 0.963 bits per heavy atom. The van der Waals surface area contributed by atoms with Crippen molar-refractivity contribution in [2.45, 2.75) is 12.1 Å². The van der Waals surface area contributed by atoms with Gasteiger partial charge in [0, 0.05) is 18.5 Å². The zero-order valence-corrected chi connectivity index (χ0v) is 14.4. The van der Waals surface area contributed by atoms with Crippen LogP contribution in [-0.4, -0.2) is 25.6 Å². The fourth-order valence-electron chi connectivity index (χ4n) is 3.00. The Morgan fingerprint density at radius 3 is 2.30 bits per heavy atom. The largest absolute Gasteiger partial charge is 0.386 e. The number of aliphatic hydroxyl groups excluding tert-OH is 1. The zero-order chi connectivity index (χ0) is 18.6. The number of aliphatic hydroxyl groups is 1. The number of aromatic nitrogens is 3. The van der Waals surface area contributed by atoms with E-state index in [9.17, 15) is 9.90 Å². The predicted octanol–water partition coefficient (Wildman–Crippen LogP) is 2.93. The van der Waals surface area contributed by atoms with E-state index in [0.717, 1.165) is 11.1 Å². The quantitative estimate of drug-likeness (QED) is 0.575. The SMILES string of the molecule is O=C(N[C@@H](c1ccccc1)[C@H](O)c1ccccc1)c1cc2ncccn2n1. The highest BCUT2D eigenvalue weighted by Crippen LogP contribution is 2.29. The van der Waals surface area contributed by atoms with E-state index < -0.39 is 12.1 Å². The first kappa shape index (κ1) is 16.9. The highest BCUT2D eigenvalue weighted by atomic mass is 16.3. The van der Waals surface area contributed by atoms with Crippen LogP contribution in [0.15, 0.2) is 85.2 Å². The Balaban J connectivity index is 1.65. The van der Waals surface area contributed by atoms with Crippen molar-refractivity contribution in [3.05, 3.63) is 102 Å². The molecule has 0 aliphatic heterocycles. The summed E-state index contributed by atoms with van der Waals surface area (Å²) in [6.07, 6.45) is 2.48. The molecular weight excluding hydrogens is 340 g/mol. The maximum Gasteiger partial charge on any atom is 0.272 e. The molecule has 2 aromatic carbocycles. The number of amides is 1. The molecule has 27 heavy (non-hydrogen) atoms. The number of nitrogens with one attached hydrogen (secondary N) is 1. The van der Waals surface area contributed by atoms with Gasteiger partial charge in [-0.1, -0.05) is 60.7 Å². The molecule has 4 aromatic rings. The molecule has 0 bridgehead atoms. The van der Waals surface area contributed by atoms with E-state index in [2.05, 4.69) is 15.4 Å². The van der Waals surface area contributed by atoms with Gasteiger partial charge >= 0.3 is 0 Å². The molecule has 0 aliphatic rings. The summed E-state index contributed by atoms with van der Waals surface area (Å²) in [7, 11) is 0. The summed E-state index contributed by atoms with van der Waals surface area (Å²) in [5.74, 6) is -0.371. The van der Waals surface area contributed by atoms with Crippen molar-refractivity contribution in [3.8, 4) is 0 Å². The summed E-state index contributed by atoms with van der Waals surface area (Å²) >= 11 is 0. The molecule has 0 saturated heterocycles. The minimum Gasteiger partial charge on any atom is -0.386 e. The number of hydrogen-bond donors (Lipinski definition) is 2. The molecule has 2 aromatic heterocycles. The molecule has 0 aliphatic carbocycles. The lowest BCUT2D eigenvalue weighted by atomic mass is 9.95. The second kappa shape index (κ2) is 7.39. The number of fused-ring (bicyclic) bond motifs is 1. The van der Waals surface area contributed by atoms with Gasteiger partial charge in [-0.3, -0.25) is 4.79 Å². The average molecular weight is 358 g/mol. The normalized spacial score (nSPS) is 13.2. The maximum atomic E-state index is 12.8. The third-order valence-corrected chi connectivity index (χ3v) is 4.37. The van der Waals surface area contributed by atoms with Crippen molar-refractivity contribution in [1.82, 2.24) is 19.9 Å². The topological polar surface area (TPSA) is 79.5 Å². The Labute approximate surface area is 156 Å². The predicted molar refractivity (Wildman–Crippen MR) is 101 cm³/mol. The van der Waals surface area contributed by atoms with Gasteiger partial charge in [0.05, 0.1) is 6.04 Å². The molecule has 6 heteroatoms. The zero-order valence-electron chi connectivity index (χ0n) is 14.4. The van der Waals surface area contributed by atoms with E-state index >= 15 is 0 Å². The molecule has 0 spiro atoms. The molecule has 2 N–H and O–H groups in total. The van der Waals surface area contributed by atoms with E-state index in [1.165, 1.54) is 0 Å². The smallest absolute Gasteiger partial charge is 0.272 e. The average Bonchev–Trinajstić information content (AvgIpc) is 3.17. The van der Waals surface area contributed by atoms with Gasteiger partial charge in [0.15, 0.2) is 11.3 Å². The van der Waals surface area contributed by atoms with Crippen molar-refractivity contribution in [2.24, 2.45) is 0 Å². The lowest BCUT2D eigenvalue weighted by Gasteiger charge is -2.24. The van der Waals surface area contributed by atoms with Crippen LogP contribution in [0, 0.1) is 0 Å². The van der Waals surface area contributed by atoms with Crippen molar-refractivity contribution in [2.75, 3.05) is 0 Å². The summed E-state index contributed by atoms with van der Waals surface area (Å²) in [6, 6.07) is 21.4. The van der Waals surface area contributed by atoms with Crippen molar-refractivity contribution in [3.63, 3.8) is 0 Å². The first-order chi connectivity index (χ1) is 13.2. The fraction of sp³-hybridized carbons (Fsp3) is 0.0952. The molecule has 6 nitrogen and oxygen atoms in total. The van der Waals surface area contributed by atoms with Crippen LogP contribution >= 0.6 is 0 Å².